The van der Waals surface area contributed by atoms with Crippen molar-refractivity contribution in [3.8, 4) is 5.69 Å². The number of halogens is 3. The van der Waals surface area contributed by atoms with Gasteiger partial charge in [0, 0.05) is 50.2 Å². The van der Waals surface area contributed by atoms with Gasteiger partial charge in [-0.3, -0.25) is 19.3 Å². The fraction of sp³-hybridized carbons (Fsp3) is 0.465. The Morgan fingerprint density at radius 1 is 0.850 bits per heavy atom. The van der Waals surface area contributed by atoms with Crippen LogP contribution in [0, 0.1) is 0 Å². The maximum absolute atomic E-state index is 13.8. The normalized spacial score (nSPS) is 14.2. The molecular weight excluding hydrogens is 784 g/mol. The molecule has 2 aromatic carbocycles. The molecule has 0 spiro atoms. The van der Waals surface area contributed by atoms with E-state index in [4.69, 9.17) is 18.9 Å². The summed E-state index contributed by atoms with van der Waals surface area (Å²) in [6, 6.07) is 11.4. The van der Waals surface area contributed by atoms with E-state index in [0.717, 1.165) is 50.2 Å². The van der Waals surface area contributed by atoms with E-state index < -0.39 is 29.2 Å². The zero-order valence-corrected chi connectivity index (χ0v) is 34.4. The summed E-state index contributed by atoms with van der Waals surface area (Å²) >= 11 is 0. The number of amides is 2. The molecular formula is C43H52F3N7O7. The maximum Gasteiger partial charge on any atom is 0.416 e. The first-order chi connectivity index (χ1) is 28.6. The second-order valence-electron chi connectivity index (χ2n) is 15.1. The summed E-state index contributed by atoms with van der Waals surface area (Å²) in [7, 11) is 1.88. The molecule has 2 aliphatic heterocycles. The van der Waals surface area contributed by atoms with Crippen LogP contribution in [0.4, 0.5) is 30.4 Å². The topological polar surface area (TPSA) is 149 Å². The van der Waals surface area contributed by atoms with Crippen molar-refractivity contribution < 1.29 is 46.5 Å². The molecule has 1 aromatic heterocycles. The summed E-state index contributed by atoms with van der Waals surface area (Å²) in [6.07, 6.45) is 1.66. The summed E-state index contributed by atoms with van der Waals surface area (Å²) < 4.78 is 63.1. The van der Waals surface area contributed by atoms with Crippen molar-refractivity contribution in [2.24, 2.45) is 4.99 Å². The van der Waals surface area contributed by atoms with Crippen molar-refractivity contribution in [2.75, 3.05) is 88.4 Å². The highest BCUT2D eigenvalue weighted by molar-refractivity contribution is 6.47. The van der Waals surface area contributed by atoms with Gasteiger partial charge in [0.15, 0.2) is 5.82 Å². The van der Waals surface area contributed by atoms with Crippen molar-refractivity contribution in [1.82, 2.24) is 14.7 Å². The fourth-order valence-corrected chi connectivity index (χ4v) is 6.14. The van der Waals surface area contributed by atoms with E-state index >= 15 is 0 Å². The minimum Gasteiger partial charge on any atom is -0.460 e. The number of carbonyl (C=O) groups excluding carboxylic acids is 3. The molecule has 2 N–H and O–H groups in total. The van der Waals surface area contributed by atoms with Crippen molar-refractivity contribution in [1.29, 1.82) is 0 Å². The predicted octanol–water partition coefficient (Wildman–Crippen LogP) is 6.43. The molecule has 3 aromatic rings. The second kappa shape index (κ2) is 21.6. The molecule has 0 bridgehead atoms. The highest BCUT2D eigenvalue weighted by Gasteiger charge is 2.30. The van der Waals surface area contributed by atoms with Gasteiger partial charge in [0.1, 0.15) is 17.0 Å². The smallest absolute Gasteiger partial charge is 0.416 e. The van der Waals surface area contributed by atoms with Crippen LogP contribution in [0.25, 0.3) is 5.69 Å². The minimum atomic E-state index is -4.52. The lowest BCUT2D eigenvalue weighted by Gasteiger charge is -2.29. The number of hydrogen-bond acceptors (Lipinski definition) is 11. The molecule has 17 heteroatoms. The van der Waals surface area contributed by atoms with Crippen LogP contribution in [0.3, 0.4) is 0 Å². The average Bonchev–Trinajstić information content (AvgIpc) is 3.68. The second-order valence-corrected chi connectivity index (χ2v) is 15.1. The standard InChI is InChI=1S/C43H52F3N7O7/c1-42(2,3)60-39(54)17-22-57-24-26-59-27-25-58-23-21-51(4)30-32-11-9-13-37(47-32)41(56)48-36-15-14-33(52-18-6-5-7-19-52)29-35(36)40(55)49-38-16-20-53(50-38)34-12-8-10-31(28-34)43(44,45)46/h8,10,12-16,20,28-29H,5-7,17-19,21-27,30H2,1-4H3,(H,48,56)(H,49,50,55). The lowest BCUT2D eigenvalue weighted by Crippen LogP contribution is -2.30. The number of esters is 1. The van der Waals surface area contributed by atoms with Crippen molar-refractivity contribution >= 4 is 40.7 Å². The van der Waals surface area contributed by atoms with Gasteiger partial charge in [0.05, 0.1) is 68.6 Å². The van der Waals surface area contributed by atoms with Crippen LogP contribution in [0.1, 0.15) is 62.4 Å². The Bertz CT molecular complexity index is 2090. The minimum absolute atomic E-state index is 0.0747. The number of benzene rings is 2. The molecule has 0 unspecified atom stereocenters. The number of aromatic nitrogens is 2. The molecule has 2 aliphatic rings. The first-order valence-corrected chi connectivity index (χ1v) is 19.8. The lowest BCUT2D eigenvalue weighted by molar-refractivity contribution is -0.156. The Morgan fingerprint density at radius 2 is 1.57 bits per heavy atom. The molecule has 322 valence electrons. The molecule has 0 radical (unpaired) electrons. The van der Waals surface area contributed by atoms with E-state index in [9.17, 15) is 27.6 Å². The van der Waals surface area contributed by atoms with Crippen LogP contribution in [0.5, 0.6) is 0 Å². The van der Waals surface area contributed by atoms with E-state index in [-0.39, 0.29) is 47.5 Å². The number of alkyl halides is 3. The molecule has 0 saturated carbocycles. The van der Waals surface area contributed by atoms with Crippen LogP contribution >= 0.6 is 0 Å². The largest absolute Gasteiger partial charge is 0.460 e. The van der Waals surface area contributed by atoms with Crippen LogP contribution in [-0.4, -0.2) is 117 Å². The highest BCUT2D eigenvalue weighted by Crippen LogP contribution is 2.31. The Balaban J connectivity index is 1.11. The van der Waals surface area contributed by atoms with E-state index in [1.165, 1.54) is 35.2 Å². The summed E-state index contributed by atoms with van der Waals surface area (Å²) in [5.41, 5.74) is 6.40. The Kier molecular flexibility index (Phi) is 16.4. The van der Waals surface area contributed by atoms with E-state index in [1.54, 1.807) is 12.1 Å². The number of nitrogens with zero attached hydrogens (tertiary/aromatic N) is 5. The van der Waals surface area contributed by atoms with Crippen LogP contribution in [-0.2, 0) is 34.7 Å². The van der Waals surface area contributed by atoms with E-state index in [2.05, 4.69) is 37.1 Å². The summed E-state index contributed by atoms with van der Waals surface area (Å²) in [5.74, 6) is -1.33. The molecule has 0 atom stereocenters. The number of hydrogen-bond donors (Lipinski definition) is 2. The Labute approximate surface area is 347 Å². The van der Waals surface area contributed by atoms with Gasteiger partial charge in [-0.25, -0.2) is 9.67 Å². The highest BCUT2D eigenvalue weighted by atomic mass is 19.4. The van der Waals surface area contributed by atoms with Gasteiger partial charge >= 0.3 is 12.1 Å². The van der Waals surface area contributed by atoms with Gasteiger partial charge in [0.25, 0.3) is 11.8 Å². The Hall–Kier alpha value is -5.54. The van der Waals surface area contributed by atoms with Crippen LogP contribution < -0.4 is 15.5 Å². The molecule has 3 heterocycles. The summed E-state index contributed by atoms with van der Waals surface area (Å²) in [5, 5.41) is 9.83. The predicted molar refractivity (Wildman–Crippen MR) is 221 cm³/mol. The molecule has 2 amide bonds. The third kappa shape index (κ3) is 14.6. The van der Waals surface area contributed by atoms with Crippen molar-refractivity contribution in [3.05, 3.63) is 89.1 Å². The van der Waals surface area contributed by atoms with Crippen LogP contribution in [0.15, 0.2) is 83.0 Å². The number of nitrogens with one attached hydrogen (secondary N) is 2. The molecule has 60 heavy (non-hydrogen) atoms. The zero-order chi connectivity index (χ0) is 43.1. The first-order valence-electron chi connectivity index (χ1n) is 19.8. The molecule has 14 nitrogen and oxygen atoms in total. The molecule has 0 aliphatic carbocycles. The zero-order valence-electron chi connectivity index (χ0n) is 34.4. The number of rotatable bonds is 20. The molecule has 1 fully saturated rings. The first kappa shape index (κ1) is 45.5. The van der Waals surface area contributed by atoms with E-state index in [0.29, 0.717) is 51.8 Å². The van der Waals surface area contributed by atoms with Gasteiger partial charge in [0.2, 0.25) is 0 Å². The maximum atomic E-state index is 13.8. The van der Waals surface area contributed by atoms with Gasteiger partial charge in [-0.15, -0.1) is 0 Å². The van der Waals surface area contributed by atoms with Gasteiger partial charge in [-0.1, -0.05) is 11.8 Å². The average molecular weight is 836 g/mol. The van der Waals surface area contributed by atoms with Gasteiger partial charge < -0.3 is 34.5 Å². The summed E-state index contributed by atoms with van der Waals surface area (Å²) in [4.78, 5) is 47.7. The number of ether oxygens (including phenoxy) is 4. The third-order valence-corrected chi connectivity index (χ3v) is 9.05. The van der Waals surface area contributed by atoms with Crippen molar-refractivity contribution in [2.45, 2.75) is 58.2 Å². The lowest BCUT2D eigenvalue weighted by atomic mass is 10.1. The van der Waals surface area contributed by atoms with Crippen LogP contribution in [0.2, 0.25) is 0 Å². The van der Waals surface area contributed by atoms with E-state index in [1.807, 2.05) is 38.8 Å². The molecule has 5 rings (SSSR count). The monoisotopic (exact) mass is 835 g/mol. The third-order valence-electron chi connectivity index (χ3n) is 9.05. The van der Waals surface area contributed by atoms with Gasteiger partial charge in [-0.2, -0.15) is 18.3 Å². The SMILES string of the molecule is CN(CCOCCOCCOCCC(=O)OC(C)(C)C)CC1=C=C=CC(C(=O)Nc2ccc(N3CCCCC3)cc2C(=O)Nc2ccn(-c3cccc(C(F)(F)F)c3)n2)=N1. The van der Waals surface area contributed by atoms with Crippen molar-refractivity contribution in [3.63, 3.8) is 0 Å². The summed E-state index contributed by atoms with van der Waals surface area (Å²) in [6.45, 7) is 10.2. The van der Waals surface area contributed by atoms with Gasteiger partial charge in [-0.05, 0) is 89.2 Å². The number of piperidine rings is 1. The number of anilines is 3. The number of aliphatic imine (C=N–C) groups is 1. The Morgan fingerprint density at radius 3 is 2.28 bits per heavy atom. The molecule has 1 saturated heterocycles. The fourth-order valence-electron chi connectivity index (χ4n) is 6.14. The number of likely N-dealkylation sites (N-methyl/N-ethyl adjacent to an activating group) is 1. The number of carbonyl (C=O) groups is 3. The quantitative estimate of drug-likeness (QED) is 0.0741.